The number of nitrogens with zero attached hydrogens (tertiary/aromatic N) is 1. The van der Waals surface area contributed by atoms with Crippen molar-refractivity contribution in [3.63, 3.8) is 0 Å². The number of halogens is 1. The highest BCUT2D eigenvalue weighted by Crippen LogP contribution is 2.23. The zero-order valence-electron chi connectivity index (χ0n) is 15.3. The molecule has 25 heavy (non-hydrogen) atoms. The van der Waals surface area contributed by atoms with Crippen LogP contribution in [-0.2, 0) is 6.42 Å². The van der Waals surface area contributed by atoms with Gasteiger partial charge in [-0.1, -0.05) is 35.9 Å². The minimum atomic E-state index is -0.678. The summed E-state index contributed by atoms with van der Waals surface area (Å²) >= 11 is 5.93. The summed E-state index contributed by atoms with van der Waals surface area (Å²) in [6.07, 6.45) is 1.47. The summed E-state index contributed by atoms with van der Waals surface area (Å²) in [5, 5.41) is 10.5. The second-order valence-electron chi connectivity index (χ2n) is 7.15. The van der Waals surface area contributed by atoms with Gasteiger partial charge < -0.3 is 10.0 Å². The molecule has 1 atom stereocenters. The molecular formula is C21H26ClNO2. The molecular weight excluding hydrogens is 334 g/mol. The van der Waals surface area contributed by atoms with Gasteiger partial charge in [-0.2, -0.15) is 0 Å². The highest BCUT2D eigenvalue weighted by Gasteiger charge is 2.19. The van der Waals surface area contributed by atoms with Crippen molar-refractivity contribution < 1.29 is 9.90 Å². The van der Waals surface area contributed by atoms with Gasteiger partial charge in [0.1, 0.15) is 0 Å². The van der Waals surface area contributed by atoms with Crippen molar-refractivity contribution in [3.8, 4) is 0 Å². The fourth-order valence-corrected chi connectivity index (χ4v) is 2.73. The fraction of sp³-hybridized carbons (Fsp3) is 0.381. The van der Waals surface area contributed by atoms with E-state index in [9.17, 15) is 9.90 Å². The summed E-state index contributed by atoms with van der Waals surface area (Å²) in [5.41, 5.74) is 2.15. The lowest BCUT2D eigenvalue weighted by molar-refractivity contribution is 0.0711. The SMILES string of the molecule is C[C@@H](c1ccc(Cl)cc1)N(C)C(=O)c1ccc(CCC(C)(C)O)cc1. The Bertz CT molecular complexity index is 702. The van der Waals surface area contributed by atoms with E-state index in [1.165, 1.54) is 0 Å². The maximum absolute atomic E-state index is 12.7. The number of carbonyl (C=O) groups is 1. The molecule has 2 aromatic rings. The Morgan fingerprint density at radius 1 is 1.12 bits per heavy atom. The maximum atomic E-state index is 12.7. The molecule has 0 radical (unpaired) electrons. The second-order valence-corrected chi connectivity index (χ2v) is 7.59. The van der Waals surface area contributed by atoms with Crippen LogP contribution >= 0.6 is 11.6 Å². The van der Waals surface area contributed by atoms with Crippen molar-refractivity contribution in [2.45, 2.75) is 45.3 Å². The van der Waals surface area contributed by atoms with Gasteiger partial charge in [0.05, 0.1) is 11.6 Å². The Morgan fingerprint density at radius 2 is 1.68 bits per heavy atom. The first-order chi connectivity index (χ1) is 11.7. The van der Waals surface area contributed by atoms with Gasteiger partial charge in [0.15, 0.2) is 0 Å². The molecule has 0 saturated carbocycles. The van der Waals surface area contributed by atoms with Crippen LogP contribution in [0.2, 0.25) is 5.02 Å². The molecule has 2 aromatic carbocycles. The lowest BCUT2D eigenvalue weighted by Crippen LogP contribution is -2.29. The molecule has 0 saturated heterocycles. The van der Waals surface area contributed by atoms with Crippen molar-refractivity contribution >= 4 is 17.5 Å². The van der Waals surface area contributed by atoms with Crippen LogP contribution in [0.4, 0.5) is 0 Å². The van der Waals surface area contributed by atoms with Crippen LogP contribution in [0.15, 0.2) is 48.5 Å². The third-order valence-electron chi connectivity index (χ3n) is 4.48. The fourth-order valence-electron chi connectivity index (χ4n) is 2.61. The van der Waals surface area contributed by atoms with E-state index in [4.69, 9.17) is 11.6 Å². The smallest absolute Gasteiger partial charge is 0.254 e. The number of carbonyl (C=O) groups excluding carboxylic acids is 1. The average molecular weight is 360 g/mol. The first kappa shape index (κ1) is 19.5. The zero-order chi connectivity index (χ0) is 18.6. The topological polar surface area (TPSA) is 40.5 Å². The normalized spacial score (nSPS) is 12.7. The molecule has 2 rings (SSSR count). The number of amides is 1. The van der Waals surface area contributed by atoms with Crippen LogP contribution < -0.4 is 0 Å². The third kappa shape index (κ3) is 5.58. The molecule has 0 unspecified atom stereocenters. The van der Waals surface area contributed by atoms with Gasteiger partial charge in [-0.15, -0.1) is 0 Å². The Kier molecular flexibility index (Phi) is 6.26. The van der Waals surface area contributed by atoms with E-state index in [0.29, 0.717) is 17.0 Å². The Hall–Kier alpha value is -1.84. The monoisotopic (exact) mass is 359 g/mol. The van der Waals surface area contributed by atoms with Crippen LogP contribution in [0.1, 0.15) is 54.7 Å². The summed E-state index contributed by atoms with van der Waals surface area (Å²) in [7, 11) is 1.81. The van der Waals surface area contributed by atoms with Crippen molar-refractivity contribution in [2.24, 2.45) is 0 Å². The highest BCUT2D eigenvalue weighted by molar-refractivity contribution is 6.30. The predicted molar refractivity (Wildman–Crippen MR) is 103 cm³/mol. The van der Waals surface area contributed by atoms with E-state index in [-0.39, 0.29) is 11.9 Å². The quantitative estimate of drug-likeness (QED) is 0.798. The summed E-state index contributed by atoms with van der Waals surface area (Å²) in [5.74, 6) is -0.0171. The van der Waals surface area contributed by atoms with Crippen LogP contribution in [0.25, 0.3) is 0 Å². The Labute approximate surface area is 155 Å². The lowest BCUT2D eigenvalue weighted by atomic mass is 9.98. The molecule has 0 aliphatic rings. The molecule has 0 bridgehead atoms. The highest BCUT2D eigenvalue weighted by atomic mass is 35.5. The minimum Gasteiger partial charge on any atom is -0.390 e. The Morgan fingerprint density at radius 3 is 2.20 bits per heavy atom. The van der Waals surface area contributed by atoms with Crippen LogP contribution in [0.3, 0.4) is 0 Å². The van der Waals surface area contributed by atoms with E-state index < -0.39 is 5.60 Å². The van der Waals surface area contributed by atoms with E-state index in [1.807, 2.05) is 62.5 Å². The first-order valence-electron chi connectivity index (χ1n) is 8.51. The molecule has 0 aliphatic heterocycles. The molecule has 0 aromatic heterocycles. The van der Waals surface area contributed by atoms with Gasteiger partial charge in [-0.05, 0) is 69.0 Å². The summed E-state index contributed by atoms with van der Waals surface area (Å²) in [4.78, 5) is 14.4. The van der Waals surface area contributed by atoms with Crippen LogP contribution in [-0.4, -0.2) is 28.6 Å². The first-order valence-corrected chi connectivity index (χ1v) is 8.89. The predicted octanol–water partition coefficient (Wildman–Crippen LogP) is 4.88. The van der Waals surface area contributed by atoms with Crippen LogP contribution in [0, 0.1) is 0 Å². The molecule has 0 spiro atoms. The second kappa shape index (κ2) is 8.03. The standard InChI is InChI=1S/C21H26ClNO2/c1-15(17-9-11-19(22)12-10-17)23(4)20(24)18-7-5-16(6-8-18)13-14-21(2,3)25/h5-12,15,25H,13-14H2,1-4H3/t15-/m0/s1. The summed E-state index contributed by atoms with van der Waals surface area (Å²) < 4.78 is 0. The molecule has 0 fully saturated rings. The van der Waals surface area contributed by atoms with Gasteiger partial charge in [0, 0.05) is 17.6 Å². The number of rotatable bonds is 6. The van der Waals surface area contributed by atoms with Gasteiger partial charge in [0.25, 0.3) is 5.91 Å². The molecule has 1 amide bonds. The van der Waals surface area contributed by atoms with Crippen molar-refractivity contribution in [3.05, 3.63) is 70.2 Å². The maximum Gasteiger partial charge on any atom is 0.254 e. The number of benzene rings is 2. The zero-order valence-corrected chi connectivity index (χ0v) is 16.0. The van der Waals surface area contributed by atoms with Gasteiger partial charge >= 0.3 is 0 Å². The molecule has 0 aliphatic carbocycles. The summed E-state index contributed by atoms with van der Waals surface area (Å²) in [6.45, 7) is 5.61. The third-order valence-corrected chi connectivity index (χ3v) is 4.73. The summed E-state index contributed by atoms with van der Waals surface area (Å²) in [6, 6.07) is 15.1. The van der Waals surface area contributed by atoms with E-state index >= 15 is 0 Å². The molecule has 1 N–H and O–H groups in total. The number of hydrogen-bond acceptors (Lipinski definition) is 2. The van der Waals surface area contributed by atoms with Crippen molar-refractivity contribution in [2.75, 3.05) is 7.05 Å². The minimum absolute atomic E-state index is 0.0171. The van der Waals surface area contributed by atoms with Gasteiger partial charge in [-0.25, -0.2) is 0 Å². The molecule has 3 nitrogen and oxygen atoms in total. The average Bonchev–Trinajstić information content (AvgIpc) is 2.58. The largest absolute Gasteiger partial charge is 0.390 e. The molecule has 4 heteroatoms. The number of hydrogen-bond donors (Lipinski definition) is 1. The van der Waals surface area contributed by atoms with E-state index in [0.717, 1.165) is 17.5 Å². The van der Waals surface area contributed by atoms with Crippen molar-refractivity contribution in [1.82, 2.24) is 4.90 Å². The Balaban J connectivity index is 2.05. The molecule has 0 heterocycles. The number of aryl methyl sites for hydroxylation is 1. The van der Waals surface area contributed by atoms with Crippen LogP contribution in [0.5, 0.6) is 0 Å². The number of aliphatic hydroxyl groups is 1. The lowest BCUT2D eigenvalue weighted by Gasteiger charge is -2.25. The van der Waals surface area contributed by atoms with Crippen molar-refractivity contribution in [1.29, 1.82) is 0 Å². The molecule has 134 valence electrons. The van der Waals surface area contributed by atoms with E-state index in [1.54, 1.807) is 18.7 Å². The van der Waals surface area contributed by atoms with E-state index in [2.05, 4.69) is 0 Å². The van der Waals surface area contributed by atoms with Gasteiger partial charge in [0.2, 0.25) is 0 Å². The van der Waals surface area contributed by atoms with Gasteiger partial charge in [-0.3, -0.25) is 4.79 Å².